The lowest BCUT2D eigenvalue weighted by Gasteiger charge is -2.27. The molecule has 1 fully saturated rings. The second kappa shape index (κ2) is 14.9. The van der Waals surface area contributed by atoms with E-state index in [1.807, 2.05) is 0 Å². The Balaban J connectivity index is 2.36. The second-order valence-electron chi connectivity index (χ2n) is 8.35. The predicted octanol–water partition coefficient (Wildman–Crippen LogP) is 6.51. The molecular weight excluding hydrogens is 340 g/mol. The molecule has 0 amide bonds. The SMILES string of the molecule is CCCCCCCCC(CCCCCC)OC(=O)C1CCC(C(=O)O)CC1. The van der Waals surface area contributed by atoms with Crippen LogP contribution in [0.25, 0.3) is 0 Å². The molecule has 0 heterocycles. The molecule has 1 unspecified atom stereocenters. The maximum Gasteiger partial charge on any atom is 0.309 e. The van der Waals surface area contributed by atoms with Crippen LogP contribution in [0.3, 0.4) is 0 Å². The molecule has 0 aromatic rings. The standard InChI is InChI=1S/C23H42O4/c1-3-5-7-9-10-12-14-21(13-11-8-6-4-2)27-23(26)20-17-15-19(16-18-20)22(24)25/h19-21H,3-18H2,1-2H3,(H,24,25). The number of rotatable bonds is 15. The monoisotopic (exact) mass is 382 g/mol. The van der Waals surface area contributed by atoms with Crippen LogP contribution < -0.4 is 0 Å². The summed E-state index contributed by atoms with van der Waals surface area (Å²) in [6, 6.07) is 0. The molecule has 1 N–H and O–H groups in total. The van der Waals surface area contributed by atoms with E-state index in [0.717, 1.165) is 25.7 Å². The van der Waals surface area contributed by atoms with E-state index in [4.69, 9.17) is 9.84 Å². The van der Waals surface area contributed by atoms with Crippen LogP contribution in [0.5, 0.6) is 0 Å². The summed E-state index contributed by atoms with van der Waals surface area (Å²) in [7, 11) is 0. The Morgan fingerprint density at radius 2 is 1.22 bits per heavy atom. The lowest BCUT2D eigenvalue weighted by atomic mass is 9.82. The van der Waals surface area contributed by atoms with Crippen LogP contribution >= 0.6 is 0 Å². The van der Waals surface area contributed by atoms with Crippen molar-refractivity contribution in [1.29, 1.82) is 0 Å². The third kappa shape index (κ3) is 10.8. The van der Waals surface area contributed by atoms with Crippen LogP contribution in [-0.4, -0.2) is 23.1 Å². The van der Waals surface area contributed by atoms with Crippen molar-refractivity contribution >= 4 is 11.9 Å². The molecule has 1 rings (SSSR count). The van der Waals surface area contributed by atoms with Gasteiger partial charge in [0.2, 0.25) is 0 Å². The van der Waals surface area contributed by atoms with Gasteiger partial charge in [0.05, 0.1) is 11.8 Å². The number of ether oxygens (including phenoxy) is 1. The van der Waals surface area contributed by atoms with Gasteiger partial charge in [-0.3, -0.25) is 9.59 Å². The zero-order valence-corrected chi connectivity index (χ0v) is 17.7. The minimum Gasteiger partial charge on any atom is -0.481 e. The van der Waals surface area contributed by atoms with Crippen molar-refractivity contribution in [3.8, 4) is 0 Å². The molecule has 0 aromatic heterocycles. The van der Waals surface area contributed by atoms with E-state index in [2.05, 4.69) is 13.8 Å². The molecule has 0 aromatic carbocycles. The van der Waals surface area contributed by atoms with Gasteiger partial charge < -0.3 is 9.84 Å². The van der Waals surface area contributed by atoms with Crippen molar-refractivity contribution in [3.63, 3.8) is 0 Å². The Kier molecular flexibility index (Phi) is 13.3. The van der Waals surface area contributed by atoms with E-state index in [1.165, 1.54) is 51.4 Å². The topological polar surface area (TPSA) is 63.6 Å². The van der Waals surface area contributed by atoms with Crippen LogP contribution in [0, 0.1) is 11.8 Å². The summed E-state index contributed by atoms with van der Waals surface area (Å²) < 4.78 is 5.91. The van der Waals surface area contributed by atoms with E-state index < -0.39 is 5.97 Å². The van der Waals surface area contributed by atoms with Gasteiger partial charge in [0.15, 0.2) is 0 Å². The average Bonchev–Trinajstić information content (AvgIpc) is 2.67. The lowest BCUT2D eigenvalue weighted by molar-refractivity contribution is -0.158. The fraction of sp³-hybridized carbons (Fsp3) is 0.913. The smallest absolute Gasteiger partial charge is 0.309 e. The number of carboxylic acid groups (broad SMARTS) is 1. The highest BCUT2D eigenvalue weighted by Crippen LogP contribution is 2.30. The van der Waals surface area contributed by atoms with Crippen LogP contribution in [0.15, 0.2) is 0 Å². The minimum atomic E-state index is -0.723. The molecule has 1 atom stereocenters. The molecule has 158 valence electrons. The quantitative estimate of drug-likeness (QED) is 0.259. The van der Waals surface area contributed by atoms with Gasteiger partial charge in [0.1, 0.15) is 6.10 Å². The fourth-order valence-electron chi connectivity index (χ4n) is 4.05. The molecule has 1 aliphatic carbocycles. The third-order valence-corrected chi connectivity index (χ3v) is 5.95. The average molecular weight is 383 g/mol. The largest absolute Gasteiger partial charge is 0.481 e. The molecule has 1 saturated carbocycles. The number of carbonyl (C=O) groups is 2. The molecule has 27 heavy (non-hydrogen) atoms. The first kappa shape index (κ1) is 24.0. The minimum absolute atomic E-state index is 0.0535. The Hall–Kier alpha value is -1.06. The van der Waals surface area contributed by atoms with Crippen molar-refractivity contribution < 1.29 is 19.4 Å². The van der Waals surface area contributed by atoms with Crippen molar-refractivity contribution in [2.45, 2.75) is 123 Å². The van der Waals surface area contributed by atoms with Gasteiger partial charge in [0.25, 0.3) is 0 Å². The van der Waals surface area contributed by atoms with E-state index in [0.29, 0.717) is 25.7 Å². The number of carboxylic acids is 1. The zero-order valence-electron chi connectivity index (χ0n) is 17.7. The molecular formula is C23H42O4. The maximum atomic E-state index is 12.6. The van der Waals surface area contributed by atoms with Gasteiger partial charge in [-0.25, -0.2) is 0 Å². The number of aliphatic carboxylic acids is 1. The molecule has 0 saturated heterocycles. The molecule has 0 aliphatic heterocycles. The van der Waals surface area contributed by atoms with Gasteiger partial charge in [-0.15, -0.1) is 0 Å². The van der Waals surface area contributed by atoms with E-state index in [9.17, 15) is 9.59 Å². The zero-order chi connectivity index (χ0) is 19.9. The summed E-state index contributed by atoms with van der Waals surface area (Å²) in [5.41, 5.74) is 0. The van der Waals surface area contributed by atoms with Gasteiger partial charge in [-0.1, -0.05) is 65.2 Å². The molecule has 0 bridgehead atoms. The summed E-state index contributed by atoms with van der Waals surface area (Å²) in [6.07, 6.45) is 16.9. The number of unbranched alkanes of at least 4 members (excludes halogenated alkanes) is 8. The summed E-state index contributed by atoms with van der Waals surface area (Å²) in [5.74, 6) is -1.17. The molecule has 0 spiro atoms. The molecule has 0 radical (unpaired) electrons. The van der Waals surface area contributed by atoms with Crippen molar-refractivity contribution in [1.82, 2.24) is 0 Å². The summed E-state index contributed by atoms with van der Waals surface area (Å²) in [5, 5.41) is 9.11. The Morgan fingerprint density at radius 1 is 0.778 bits per heavy atom. The molecule has 1 aliphatic rings. The Morgan fingerprint density at radius 3 is 1.74 bits per heavy atom. The normalized spacial score (nSPS) is 21.0. The molecule has 4 nitrogen and oxygen atoms in total. The maximum absolute atomic E-state index is 12.6. The van der Waals surface area contributed by atoms with E-state index in [1.54, 1.807) is 0 Å². The van der Waals surface area contributed by atoms with Crippen LogP contribution in [-0.2, 0) is 14.3 Å². The van der Waals surface area contributed by atoms with Crippen molar-refractivity contribution in [2.75, 3.05) is 0 Å². The second-order valence-corrected chi connectivity index (χ2v) is 8.35. The van der Waals surface area contributed by atoms with Gasteiger partial charge >= 0.3 is 11.9 Å². The first-order valence-corrected chi connectivity index (χ1v) is 11.5. The van der Waals surface area contributed by atoms with E-state index >= 15 is 0 Å². The lowest BCUT2D eigenvalue weighted by Crippen LogP contribution is -2.29. The third-order valence-electron chi connectivity index (χ3n) is 5.95. The summed E-state index contributed by atoms with van der Waals surface area (Å²) >= 11 is 0. The summed E-state index contributed by atoms with van der Waals surface area (Å²) in [6.45, 7) is 4.44. The molecule has 4 heteroatoms. The van der Waals surface area contributed by atoms with Crippen LogP contribution in [0.1, 0.15) is 117 Å². The van der Waals surface area contributed by atoms with Gasteiger partial charge in [-0.05, 0) is 51.4 Å². The number of hydrogen-bond acceptors (Lipinski definition) is 3. The summed E-state index contributed by atoms with van der Waals surface area (Å²) in [4.78, 5) is 23.7. The number of hydrogen-bond donors (Lipinski definition) is 1. The Labute approximate surface area is 166 Å². The van der Waals surface area contributed by atoms with Crippen molar-refractivity contribution in [3.05, 3.63) is 0 Å². The number of carbonyl (C=O) groups excluding carboxylic acids is 1. The Bertz CT molecular complexity index is 399. The first-order valence-electron chi connectivity index (χ1n) is 11.5. The van der Waals surface area contributed by atoms with Gasteiger partial charge in [0, 0.05) is 0 Å². The first-order chi connectivity index (χ1) is 13.1. The number of esters is 1. The van der Waals surface area contributed by atoms with Crippen LogP contribution in [0.4, 0.5) is 0 Å². The fourth-order valence-corrected chi connectivity index (χ4v) is 4.05. The van der Waals surface area contributed by atoms with Gasteiger partial charge in [-0.2, -0.15) is 0 Å². The highest BCUT2D eigenvalue weighted by Gasteiger charge is 2.31. The highest BCUT2D eigenvalue weighted by molar-refractivity contribution is 5.74. The predicted molar refractivity (Wildman–Crippen MR) is 110 cm³/mol. The van der Waals surface area contributed by atoms with E-state index in [-0.39, 0.29) is 23.9 Å². The van der Waals surface area contributed by atoms with Crippen LogP contribution in [0.2, 0.25) is 0 Å². The highest BCUT2D eigenvalue weighted by atomic mass is 16.5. The van der Waals surface area contributed by atoms with Crippen molar-refractivity contribution in [2.24, 2.45) is 11.8 Å².